The topological polar surface area (TPSA) is 37.8 Å². The normalized spacial score (nSPS) is 10.2. The standard InChI is InChI=1S/C11H9ClFN3/c1-14-10-4-5-15-11(16-10)7-2-3-8(12)9(13)6-7/h2-6H,1H3,(H,14,15,16). The first-order valence-electron chi connectivity index (χ1n) is 4.67. The first-order valence-corrected chi connectivity index (χ1v) is 5.04. The van der Waals surface area contributed by atoms with Crippen LogP contribution in [-0.2, 0) is 0 Å². The van der Waals surface area contributed by atoms with Crippen LogP contribution in [0, 0.1) is 5.82 Å². The molecule has 1 aromatic heterocycles. The minimum absolute atomic E-state index is 0.0912. The predicted octanol–water partition coefficient (Wildman–Crippen LogP) is 2.98. The van der Waals surface area contributed by atoms with Gasteiger partial charge in [0.1, 0.15) is 11.6 Å². The van der Waals surface area contributed by atoms with Crippen LogP contribution in [0.15, 0.2) is 30.5 Å². The van der Waals surface area contributed by atoms with Crippen molar-refractivity contribution in [2.45, 2.75) is 0 Å². The Labute approximate surface area is 97.3 Å². The van der Waals surface area contributed by atoms with Gasteiger partial charge in [-0.25, -0.2) is 14.4 Å². The molecule has 0 spiro atoms. The maximum absolute atomic E-state index is 13.2. The Morgan fingerprint density at radius 3 is 2.81 bits per heavy atom. The number of anilines is 1. The monoisotopic (exact) mass is 237 g/mol. The molecule has 0 unspecified atom stereocenters. The van der Waals surface area contributed by atoms with Gasteiger partial charge in [0.15, 0.2) is 5.82 Å². The predicted molar refractivity (Wildman–Crippen MR) is 62.0 cm³/mol. The molecule has 0 saturated heterocycles. The van der Waals surface area contributed by atoms with Gasteiger partial charge in [0.25, 0.3) is 0 Å². The summed E-state index contributed by atoms with van der Waals surface area (Å²) in [5.41, 5.74) is 0.596. The molecule has 1 heterocycles. The maximum Gasteiger partial charge on any atom is 0.161 e. The Balaban J connectivity index is 2.46. The molecule has 0 radical (unpaired) electrons. The number of hydrogen-bond donors (Lipinski definition) is 1. The first kappa shape index (κ1) is 10.8. The zero-order valence-corrected chi connectivity index (χ0v) is 9.29. The molecule has 2 rings (SSSR count). The lowest BCUT2D eigenvalue weighted by Gasteiger charge is -2.03. The highest BCUT2D eigenvalue weighted by molar-refractivity contribution is 6.30. The molecule has 0 amide bonds. The van der Waals surface area contributed by atoms with Crippen LogP contribution in [0.4, 0.5) is 10.2 Å². The Kier molecular flexibility index (Phi) is 3.01. The van der Waals surface area contributed by atoms with Crippen LogP contribution in [-0.4, -0.2) is 17.0 Å². The summed E-state index contributed by atoms with van der Waals surface area (Å²) in [6.45, 7) is 0. The van der Waals surface area contributed by atoms with E-state index in [-0.39, 0.29) is 5.02 Å². The smallest absolute Gasteiger partial charge is 0.161 e. The van der Waals surface area contributed by atoms with Crippen LogP contribution < -0.4 is 5.32 Å². The highest BCUT2D eigenvalue weighted by atomic mass is 35.5. The minimum atomic E-state index is -0.474. The van der Waals surface area contributed by atoms with Gasteiger partial charge < -0.3 is 5.32 Å². The molecule has 1 aromatic carbocycles. The summed E-state index contributed by atoms with van der Waals surface area (Å²) >= 11 is 5.60. The molecule has 0 aliphatic rings. The fourth-order valence-corrected chi connectivity index (χ4v) is 1.39. The van der Waals surface area contributed by atoms with Crippen molar-refractivity contribution in [1.29, 1.82) is 0 Å². The number of aromatic nitrogens is 2. The fourth-order valence-electron chi connectivity index (χ4n) is 1.27. The number of rotatable bonds is 2. The van der Waals surface area contributed by atoms with Gasteiger partial charge in [-0.05, 0) is 24.3 Å². The third kappa shape index (κ3) is 2.12. The summed E-state index contributed by atoms with van der Waals surface area (Å²) in [4.78, 5) is 8.27. The maximum atomic E-state index is 13.2. The molecule has 82 valence electrons. The summed E-state index contributed by atoms with van der Waals surface area (Å²) in [5.74, 6) is 0.667. The second-order valence-corrected chi connectivity index (χ2v) is 3.55. The molecule has 3 nitrogen and oxygen atoms in total. The number of nitrogens with one attached hydrogen (secondary N) is 1. The van der Waals surface area contributed by atoms with Crippen LogP contribution in [0.3, 0.4) is 0 Å². The zero-order chi connectivity index (χ0) is 11.5. The summed E-state index contributed by atoms with van der Waals surface area (Å²) in [7, 11) is 1.76. The van der Waals surface area contributed by atoms with Crippen LogP contribution in [0.25, 0.3) is 11.4 Å². The van der Waals surface area contributed by atoms with Crippen molar-refractivity contribution in [3.8, 4) is 11.4 Å². The molecule has 16 heavy (non-hydrogen) atoms. The fraction of sp³-hybridized carbons (Fsp3) is 0.0909. The summed E-state index contributed by atoms with van der Waals surface area (Å²) in [5, 5.41) is 2.98. The van der Waals surface area contributed by atoms with Crippen molar-refractivity contribution in [2.24, 2.45) is 0 Å². The summed E-state index contributed by atoms with van der Waals surface area (Å²) in [6, 6.07) is 6.22. The van der Waals surface area contributed by atoms with Crippen molar-refractivity contribution in [3.63, 3.8) is 0 Å². The second kappa shape index (κ2) is 4.45. The van der Waals surface area contributed by atoms with E-state index in [1.807, 2.05) is 0 Å². The Morgan fingerprint density at radius 2 is 2.12 bits per heavy atom. The quantitative estimate of drug-likeness (QED) is 0.873. The molecule has 0 fully saturated rings. The summed E-state index contributed by atoms with van der Waals surface area (Å²) < 4.78 is 13.2. The van der Waals surface area contributed by atoms with Gasteiger partial charge in [-0.3, -0.25) is 0 Å². The molecule has 1 N–H and O–H groups in total. The van der Waals surface area contributed by atoms with Crippen LogP contribution >= 0.6 is 11.6 Å². The van der Waals surface area contributed by atoms with Gasteiger partial charge in [0.05, 0.1) is 5.02 Å². The van der Waals surface area contributed by atoms with Crippen LogP contribution in [0.5, 0.6) is 0 Å². The third-order valence-corrected chi connectivity index (χ3v) is 2.40. The molecule has 0 atom stereocenters. The molecule has 2 aromatic rings. The highest BCUT2D eigenvalue weighted by Crippen LogP contribution is 2.22. The van der Waals surface area contributed by atoms with Crippen LogP contribution in [0.2, 0.25) is 5.02 Å². The minimum Gasteiger partial charge on any atom is -0.373 e. The molecule has 0 aliphatic carbocycles. The van der Waals surface area contributed by atoms with E-state index in [1.54, 1.807) is 25.4 Å². The van der Waals surface area contributed by atoms with Gasteiger partial charge in [-0.15, -0.1) is 0 Å². The Morgan fingerprint density at radius 1 is 1.31 bits per heavy atom. The van der Waals surface area contributed by atoms with Crippen molar-refractivity contribution in [1.82, 2.24) is 9.97 Å². The Bertz CT molecular complexity index is 516. The van der Waals surface area contributed by atoms with Crippen molar-refractivity contribution in [2.75, 3.05) is 12.4 Å². The van der Waals surface area contributed by atoms with E-state index in [2.05, 4.69) is 15.3 Å². The molecule has 5 heteroatoms. The SMILES string of the molecule is CNc1ccnc(-c2ccc(Cl)c(F)c2)n1. The average Bonchev–Trinajstić information content (AvgIpc) is 2.33. The lowest BCUT2D eigenvalue weighted by Crippen LogP contribution is -1.96. The number of benzene rings is 1. The molecule has 0 aliphatic heterocycles. The lowest BCUT2D eigenvalue weighted by molar-refractivity contribution is 0.628. The highest BCUT2D eigenvalue weighted by Gasteiger charge is 2.05. The van der Waals surface area contributed by atoms with Gasteiger partial charge in [0.2, 0.25) is 0 Å². The van der Waals surface area contributed by atoms with Gasteiger partial charge in [-0.2, -0.15) is 0 Å². The van der Waals surface area contributed by atoms with Crippen molar-refractivity contribution in [3.05, 3.63) is 41.3 Å². The van der Waals surface area contributed by atoms with E-state index in [9.17, 15) is 4.39 Å². The van der Waals surface area contributed by atoms with Crippen molar-refractivity contribution < 1.29 is 4.39 Å². The van der Waals surface area contributed by atoms with Crippen LogP contribution in [0.1, 0.15) is 0 Å². The molecule has 0 bridgehead atoms. The summed E-state index contributed by atoms with van der Waals surface area (Å²) in [6.07, 6.45) is 1.61. The molecule has 0 saturated carbocycles. The number of halogens is 2. The zero-order valence-electron chi connectivity index (χ0n) is 8.54. The number of hydrogen-bond acceptors (Lipinski definition) is 3. The first-order chi connectivity index (χ1) is 7.70. The van der Waals surface area contributed by atoms with Crippen molar-refractivity contribution >= 4 is 17.4 Å². The Hall–Kier alpha value is -1.68. The van der Waals surface area contributed by atoms with E-state index < -0.39 is 5.82 Å². The van der Waals surface area contributed by atoms with E-state index >= 15 is 0 Å². The van der Waals surface area contributed by atoms with Gasteiger partial charge >= 0.3 is 0 Å². The molecular weight excluding hydrogens is 229 g/mol. The van der Waals surface area contributed by atoms with E-state index in [4.69, 9.17) is 11.6 Å². The number of nitrogens with zero attached hydrogens (tertiary/aromatic N) is 2. The lowest BCUT2D eigenvalue weighted by atomic mass is 10.2. The van der Waals surface area contributed by atoms with E-state index in [0.717, 1.165) is 0 Å². The van der Waals surface area contributed by atoms with E-state index in [0.29, 0.717) is 17.2 Å². The van der Waals surface area contributed by atoms with Gasteiger partial charge in [-0.1, -0.05) is 11.6 Å². The van der Waals surface area contributed by atoms with Gasteiger partial charge in [0, 0.05) is 18.8 Å². The van der Waals surface area contributed by atoms with E-state index in [1.165, 1.54) is 12.1 Å². The third-order valence-electron chi connectivity index (χ3n) is 2.09. The largest absolute Gasteiger partial charge is 0.373 e. The molecular formula is C11H9ClFN3. The average molecular weight is 238 g/mol. The second-order valence-electron chi connectivity index (χ2n) is 3.14.